The van der Waals surface area contributed by atoms with Crippen molar-refractivity contribution >= 4 is 62.0 Å². The van der Waals surface area contributed by atoms with Gasteiger partial charge in [0.1, 0.15) is 4.21 Å². The number of guanidine groups is 1. The maximum Gasteiger partial charge on any atom is 0.191 e. The number of hydrogen-bond acceptors (Lipinski definition) is 5. The lowest BCUT2D eigenvalue weighted by atomic mass is 10.1. The monoisotopic (exact) mass is 562 g/mol. The molecule has 0 fully saturated rings. The Morgan fingerprint density at radius 3 is 2.77 bits per heavy atom. The Hall–Kier alpha value is -1.63. The highest BCUT2D eigenvalue weighted by molar-refractivity contribution is 14.0. The second-order valence-corrected chi connectivity index (χ2v) is 9.83. The number of aliphatic hydroxyl groups is 1. The summed E-state index contributed by atoms with van der Waals surface area (Å²) < 4.78 is 24.8. The molecule has 1 aromatic carbocycles. The van der Waals surface area contributed by atoms with E-state index < -0.39 is 15.9 Å². The molecule has 1 atom stereocenters. The normalized spacial score (nSPS) is 13.1. The quantitative estimate of drug-likeness (QED) is 0.182. The zero-order valence-electron chi connectivity index (χ0n) is 16.7. The van der Waals surface area contributed by atoms with Crippen LogP contribution in [0.25, 0.3) is 10.9 Å². The summed E-state index contributed by atoms with van der Waals surface area (Å²) in [5.74, 6) is 0.214. The number of H-pyrrole nitrogens is 1. The van der Waals surface area contributed by atoms with E-state index in [-0.39, 0.29) is 40.5 Å². The number of nitrogens with one attached hydrogen (secondary N) is 3. The maximum atomic E-state index is 12.3. The second-order valence-electron chi connectivity index (χ2n) is 6.62. The van der Waals surface area contributed by atoms with Crippen LogP contribution in [0.4, 0.5) is 0 Å². The molecule has 2 aromatic heterocycles. The summed E-state index contributed by atoms with van der Waals surface area (Å²) in [7, 11) is -3.49. The van der Waals surface area contributed by atoms with Crippen molar-refractivity contribution in [2.75, 3.05) is 25.4 Å². The first-order valence-electron chi connectivity index (χ1n) is 9.51. The fourth-order valence-corrected chi connectivity index (χ4v) is 5.49. The third-order valence-corrected chi connectivity index (χ3v) is 7.66. The molecule has 3 aromatic rings. The molecule has 30 heavy (non-hydrogen) atoms. The lowest BCUT2D eigenvalue weighted by Gasteiger charge is -2.13. The predicted octanol–water partition coefficient (Wildman–Crippen LogP) is 2.78. The molecule has 1 unspecified atom stereocenters. The number of para-hydroxylation sites is 1. The van der Waals surface area contributed by atoms with Gasteiger partial charge < -0.3 is 20.7 Å². The third kappa shape index (κ3) is 6.69. The Morgan fingerprint density at radius 1 is 1.23 bits per heavy atom. The Kier molecular flexibility index (Phi) is 9.59. The van der Waals surface area contributed by atoms with Crippen molar-refractivity contribution in [1.29, 1.82) is 0 Å². The third-order valence-electron chi connectivity index (χ3n) is 4.38. The Balaban J connectivity index is 0.00000320. The highest BCUT2D eigenvalue weighted by Gasteiger charge is 2.20. The number of aromatic nitrogens is 1. The highest BCUT2D eigenvalue weighted by atomic mass is 127. The molecule has 0 spiro atoms. The molecule has 3 rings (SSSR count). The average Bonchev–Trinajstić information content (AvgIpc) is 3.37. The first kappa shape index (κ1) is 24.6. The van der Waals surface area contributed by atoms with E-state index in [1.807, 2.05) is 31.3 Å². The van der Waals surface area contributed by atoms with Gasteiger partial charge in [-0.05, 0) is 36.4 Å². The molecule has 7 nitrogen and oxygen atoms in total. The lowest BCUT2D eigenvalue weighted by molar-refractivity contribution is 0.206. The molecule has 0 aliphatic heterocycles. The van der Waals surface area contributed by atoms with Gasteiger partial charge in [0, 0.05) is 30.2 Å². The molecular formula is C20H27IN4O3S2. The Labute approximate surface area is 197 Å². The standard InChI is InChI=1S/C20H26N4O3S2.HI/c1-2-21-20(22-10-9-15-12-23-18-7-4-3-6-17(15)18)24-13-16(25)14-29(26,27)19-8-5-11-28-19;/h3-8,11-12,16,23,25H,2,9-10,13-14H2,1H3,(H2,21,22,24);1H. The van der Waals surface area contributed by atoms with Gasteiger partial charge in [0.15, 0.2) is 15.8 Å². The minimum atomic E-state index is -3.49. The summed E-state index contributed by atoms with van der Waals surface area (Å²) in [6, 6.07) is 11.4. The number of thiophene rings is 1. The number of aliphatic hydroxyl groups excluding tert-OH is 1. The number of benzene rings is 1. The van der Waals surface area contributed by atoms with Crippen LogP contribution in [-0.4, -0.2) is 56.0 Å². The number of rotatable bonds is 9. The van der Waals surface area contributed by atoms with Crippen molar-refractivity contribution < 1.29 is 13.5 Å². The van der Waals surface area contributed by atoms with Gasteiger partial charge in [0.05, 0.1) is 18.4 Å². The van der Waals surface area contributed by atoms with E-state index in [0.717, 1.165) is 23.3 Å². The SMILES string of the molecule is CCNC(=NCC(O)CS(=O)(=O)c1cccs1)NCCc1c[nH]c2ccccc12.I. The molecule has 0 radical (unpaired) electrons. The molecule has 0 aliphatic carbocycles. The van der Waals surface area contributed by atoms with Gasteiger partial charge >= 0.3 is 0 Å². The summed E-state index contributed by atoms with van der Waals surface area (Å²) in [4.78, 5) is 7.60. The number of nitrogens with zero attached hydrogens (tertiary/aromatic N) is 1. The fraction of sp³-hybridized carbons (Fsp3) is 0.350. The van der Waals surface area contributed by atoms with Crippen molar-refractivity contribution in [3.63, 3.8) is 0 Å². The van der Waals surface area contributed by atoms with Gasteiger partial charge in [-0.25, -0.2) is 8.42 Å². The summed E-state index contributed by atoms with van der Waals surface area (Å²) in [5, 5.41) is 19.4. The van der Waals surface area contributed by atoms with E-state index >= 15 is 0 Å². The van der Waals surface area contributed by atoms with Crippen LogP contribution in [-0.2, 0) is 16.3 Å². The molecule has 0 aliphatic rings. The summed E-state index contributed by atoms with van der Waals surface area (Å²) in [5.41, 5.74) is 2.32. The molecule has 2 heterocycles. The molecule has 0 bridgehead atoms. The van der Waals surface area contributed by atoms with Crippen molar-refractivity contribution in [1.82, 2.24) is 15.6 Å². The minimum Gasteiger partial charge on any atom is -0.390 e. The molecule has 4 N–H and O–H groups in total. The molecule has 0 saturated heterocycles. The van der Waals surface area contributed by atoms with Crippen LogP contribution >= 0.6 is 35.3 Å². The van der Waals surface area contributed by atoms with Gasteiger partial charge in [0.25, 0.3) is 0 Å². The first-order chi connectivity index (χ1) is 14.0. The number of aliphatic imine (C=N–C) groups is 1. The van der Waals surface area contributed by atoms with Crippen LogP contribution in [0.1, 0.15) is 12.5 Å². The maximum absolute atomic E-state index is 12.3. The molecule has 0 amide bonds. The predicted molar refractivity (Wildman–Crippen MR) is 134 cm³/mol. The van der Waals surface area contributed by atoms with E-state index in [4.69, 9.17) is 0 Å². The zero-order valence-corrected chi connectivity index (χ0v) is 20.6. The number of halogens is 1. The summed E-state index contributed by atoms with van der Waals surface area (Å²) in [6.07, 6.45) is 1.76. The summed E-state index contributed by atoms with van der Waals surface area (Å²) >= 11 is 1.15. The van der Waals surface area contributed by atoms with E-state index in [1.165, 1.54) is 10.9 Å². The lowest BCUT2D eigenvalue weighted by Crippen LogP contribution is -2.39. The molecule has 164 valence electrons. The van der Waals surface area contributed by atoms with Crippen molar-refractivity contribution in [2.45, 2.75) is 23.7 Å². The smallest absolute Gasteiger partial charge is 0.191 e. The number of aromatic amines is 1. The molecular weight excluding hydrogens is 535 g/mol. The van der Waals surface area contributed by atoms with Crippen molar-refractivity contribution in [2.24, 2.45) is 4.99 Å². The van der Waals surface area contributed by atoms with E-state index in [2.05, 4.69) is 26.7 Å². The molecule has 0 saturated carbocycles. The van der Waals surface area contributed by atoms with Crippen LogP contribution in [0.5, 0.6) is 0 Å². The van der Waals surface area contributed by atoms with Gasteiger partial charge in [-0.2, -0.15) is 0 Å². The second kappa shape index (κ2) is 11.7. The largest absolute Gasteiger partial charge is 0.390 e. The first-order valence-corrected chi connectivity index (χ1v) is 12.0. The van der Waals surface area contributed by atoms with Gasteiger partial charge in [-0.1, -0.05) is 24.3 Å². The van der Waals surface area contributed by atoms with Crippen molar-refractivity contribution in [3.8, 4) is 0 Å². The number of fused-ring (bicyclic) bond motifs is 1. The zero-order chi connectivity index (χ0) is 20.7. The van der Waals surface area contributed by atoms with Crippen LogP contribution in [0, 0.1) is 0 Å². The van der Waals surface area contributed by atoms with Gasteiger partial charge in [0.2, 0.25) is 0 Å². The van der Waals surface area contributed by atoms with Gasteiger partial charge in [-0.15, -0.1) is 35.3 Å². The van der Waals surface area contributed by atoms with E-state index in [9.17, 15) is 13.5 Å². The van der Waals surface area contributed by atoms with Gasteiger partial charge in [-0.3, -0.25) is 4.99 Å². The summed E-state index contributed by atoms with van der Waals surface area (Å²) in [6.45, 7) is 3.29. The molecule has 10 heteroatoms. The van der Waals surface area contributed by atoms with Crippen LogP contribution in [0.3, 0.4) is 0 Å². The Bertz CT molecular complexity index is 1050. The number of sulfone groups is 1. The van der Waals surface area contributed by atoms with E-state index in [1.54, 1.807) is 17.5 Å². The van der Waals surface area contributed by atoms with Crippen LogP contribution < -0.4 is 10.6 Å². The number of hydrogen-bond donors (Lipinski definition) is 4. The average molecular weight is 562 g/mol. The fourth-order valence-electron chi connectivity index (χ4n) is 3.02. The highest BCUT2D eigenvalue weighted by Crippen LogP contribution is 2.18. The Morgan fingerprint density at radius 2 is 2.03 bits per heavy atom. The van der Waals surface area contributed by atoms with Crippen LogP contribution in [0.15, 0.2) is 57.2 Å². The van der Waals surface area contributed by atoms with Crippen LogP contribution in [0.2, 0.25) is 0 Å². The van der Waals surface area contributed by atoms with Crippen molar-refractivity contribution in [3.05, 3.63) is 53.5 Å². The van der Waals surface area contributed by atoms with E-state index in [0.29, 0.717) is 19.0 Å². The topological polar surface area (TPSA) is 107 Å². The minimum absolute atomic E-state index is 0.